The number of aliphatic hydroxyl groups is 2. The summed E-state index contributed by atoms with van der Waals surface area (Å²) in [6.45, 7) is 0. The maximum absolute atomic E-state index is 10.8. The molecule has 1 unspecified atom stereocenters. The van der Waals surface area contributed by atoms with Crippen LogP contribution >= 0.6 is 0 Å². The zero-order valence-corrected chi connectivity index (χ0v) is 6.53. The lowest BCUT2D eigenvalue weighted by Gasteiger charge is -2.12. The molecule has 0 spiro atoms. The molecule has 62 valence electrons. The number of Topliss-reactive ketones (excluding diaryl/α,β-unsaturated/α-hetero) is 1. The van der Waals surface area contributed by atoms with E-state index in [0.29, 0.717) is 5.70 Å². The molecule has 4 heteroatoms. The third-order valence-electron chi connectivity index (χ3n) is 1.74. The second-order valence-electron chi connectivity index (χ2n) is 2.77. The lowest BCUT2D eigenvalue weighted by Crippen LogP contribution is -2.15. The van der Waals surface area contributed by atoms with Gasteiger partial charge in [-0.25, -0.2) is 0 Å². The lowest BCUT2D eigenvalue weighted by molar-refractivity contribution is -0.124. The van der Waals surface area contributed by atoms with Gasteiger partial charge in [0, 0.05) is 20.5 Å². The number of ketones is 1. The van der Waals surface area contributed by atoms with Crippen LogP contribution in [0.4, 0.5) is 0 Å². The first-order chi connectivity index (χ1) is 5.04. The number of carbonyl (C=O) groups is 1. The van der Waals surface area contributed by atoms with Gasteiger partial charge in [-0.15, -0.1) is 0 Å². The fourth-order valence-corrected chi connectivity index (χ4v) is 1.07. The number of rotatable bonds is 1. The van der Waals surface area contributed by atoms with E-state index in [-0.39, 0.29) is 12.2 Å². The van der Waals surface area contributed by atoms with Crippen LogP contribution in [0.2, 0.25) is 0 Å². The van der Waals surface area contributed by atoms with Crippen LogP contribution in [0.5, 0.6) is 0 Å². The first-order valence-corrected chi connectivity index (χ1v) is 3.35. The first kappa shape index (κ1) is 8.07. The van der Waals surface area contributed by atoms with E-state index in [1.807, 2.05) is 0 Å². The van der Waals surface area contributed by atoms with Gasteiger partial charge in [0.05, 0.1) is 5.70 Å². The highest BCUT2D eigenvalue weighted by atomic mass is 16.3. The molecule has 1 aliphatic rings. The van der Waals surface area contributed by atoms with E-state index < -0.39 is 11.9 Å². The monoisotopic (exact) mass is 157 g/mol. The second-order valence-corrected chi connectivity index (χ2v) is 2.77. The minimum absolute atomic E-state index is 0.220. The third kappa shape index (κ3) is 1.21. The molecule has 0 aromatic rings. The van der Waals surface area contributed by atoms with Gasteiger partial charge in [-0.2, -0.15) is 0 Å². The Morgan fingerprint density at radius 2 is 2.09 bits per heavy atom. The van der Waals surface area contributed by atoms with Crippen molar-refractivity contribution >= 4 is 5.78 Å². The van der Waals surface area contributed by atoms with Crippen LogP contribution < -0.4 is 0 Å². The van der Waals surface area contributed by atoms with Gasteiger partial charge in [-0.05, 0) is 0 Å². The summed E-state index contributed by atoms with van der Waals surface area (Å²) in [6.07, 6.45) is -0.829. The van der Waals surface area contributed by atoms with E-state index in [0.717, 1.165) is 0 Å². The summed E-state index contributed by atoms with van der Waals surface area (Å²) in [7, 11) is 3.44. The molecule has 1 atom stereocenters. The fraction of sp³-hybridized carbons (Fsp3) is 0.571. The summed E-state index contributed by atoms with van der Waals surface area (Å²) in [5.74, 6) is -0.879. The molecule has 0 aromatic heterocycles. The molecule has 0 radical (unpaired) electrons. The van der Waals surface area contributed by atoms with E-state index >= 15 is 0 Å². The lowest BCUT2D eigenvalue weighted by atomic mass is 10.2. The minimum Gasteiger partial charge on any atom is -0.503 e. The maximum Gasteiger partial charge on any atom is 0.227 e. The molecule has 11 heavy (non-hydrogen) atoms. The molecular formula is C7H11NO3. The molecule has 0 fully saturated rings. The van der Waals surface area contributed by atoms with Crippen molar-refractivity contribution < 1.29 is 15.0 Å². The molecule has 4 nitrogen and oxygen atoms in total. The summed E-state index contributed by atoms with van der Waals surface area (Å²) in [4.78, 5) is 12.5. The zero-order chi connectivity index (χ0) is 8.59. The van der Waals surface area contributed by atoms with Gasteiger partial charge in [0.25, 0.3) is 0 Å². The van der Waals surface area contributed by atoms with Crippen LogP contribution in [0.3, 0.4) is 0 Å². The minimum atomic E-state index is -1.05. The highest BCUT2D eigenvalue weighted by Crippen LogP contribution is 2.22. The molecule has 0 heterocycles. The Labute approximate surface area is 64.7 Å². The van der Waals surface area contributed by atoms with Gasteiger partial charge in [0.15, 0.2) is 5.76 Å². The van der Waals surface area contributed by atoms with Crippen LogP contribution in [-0.2, 0) is 4.79 Å². The average molecular weight is 157 g/mol. The van der Waals surface area contributed by atoms with Crippen molar-refractivity contribution in [2.24, 2.45) is 0 Å². The smallest absolute Gasteiger partial charge is 0.227 e. The summed E-state index contributed by atoms with van der Waals surface area (Å²) >= 11 is 0. The summed E-state index contributed by atoms with van der Waals surface area (Å²) in [6, 6.07) is 0. The van der Waals surface area contributed by atoms with E-state index in [1.54, 1.807) is 19.0 Å². The van der Waals surface area contributed by atoms with Crippen molar-refractivity contribution in [1.29, 1.82) is 0 Å². The molecule has 0 bridgehead atoms. The van der Waals surface area contributed by atoms with Crippen molar-refractivity contribution in [1.82, 2.24) is 4.90 Å². The van der Waals surface area contributed by atoms with Crippen molar-refractivity contribution in [3.63, 3.8) is 0 Å². The van der Waals surface area contributed by atoms with Gasteiger partial charge in [-0.3, -0.25) is 4.79 Å². The quantitative estimate of drug-likeness (QED) is 0.546. The Hall–Kier alpha value is -1.03. The summed E-state index contributed by atoms with van der Waals surface area (Å²) in [5, 5.41) is 18.1. The molecule has 0 saturated heterocycles. The molecule has 1 aliphatic carbocycles. The van der Waals surface area contributed by atoms with Crippen molar-refractivity contribution in [3.8, 4) is 0 Å². The van der Waals surface area contributed by atoms with E-state index in [4.69, 9.17) is 10.2 Å². The van der Waals surface area contributed by atoms with E-state index in [2.05, 4.69) is 0 Å². The zero-order valence-electron chi connectivity index (χ0n) is 6.53. The van der Waals surface area contributed by atoms with Gasteiger partial charge in [0.1, 0.15) is 6.10 Å². The largest absolute Gasteiger partial charge is 0.503 e. The van der Waals surface area contributed by atoms with E-state index in [1.165, 1.54) is 0 Å². The molecule has 0 aromatic carbocycles. The molecule has 0 aliphatic heterocycles. The maximum atomic E-state index is 10.8. The van der Waals surface area contributed by atoms with Crippen LogP contribution in [0.25, 0.3) is 0 Å². The third-order valence-corrected chi connectivity index (χ3v) is 1.74. The molecule has 1 rings (SSSR count). The molecule has 2 N–H and O–H groups in total. The number of hydrogen-bond donors (Lipinski definition) is 2. The van der Waals surface area contributed by atoms with E-state index in [9.17, 15) is 4.79 Å². The van der Waals surface area contributed by atoms with Crippen LogP contribution in [0, 0.1) is 0 Å². The fourth-order valence-electron chi connectivity index (χ4n) is 1.07. The predicted octanol–water partition coefficient (Wildman–Crippen LogP) is -0.349. The average Bonchev–Trinajstić information content (AvgIpc) is 2.17. The van der Waals surface area contributed by atoms with Crippen molar-refractivity contribution in [2.45, 2.75) is 12.5 Å². The highest BCUT2D eigenvalue weighted by Gasteiger charge is 2.32. The van der Waals surface area contributed by atoms with Gasteiger partial charge >= 0.3 is 0 Å². The normalized spacial score (nSPS) is 24.6. The SMILES string of the molecule is CN(C)C1=C(O)C(=O)C(O)C1. The van der Waals surface area contributed by atoms with Crippen molar-refractivity contribution in [3.05, 3.63) is 11.5 Å². The summed E-state index contributed by atoms with van der Waals surface area (Å²) < 4.78 is 0. The van der Waals surface area contributed by atoms with Gasteiger partial charge in [0.2, 0.25) is 5.78 Å². The first-order valence-electron chi connectivity index (χ1n) is 3.35. The highest BCUT2D eigenvalue weighted by molar-refractivity contribution is 5.99. The second kappa shape index (κ2) is 2.54. The Balaban J connectivity index is 2.89. The van der Waals surface area contributed by atoms with Crippen molar-refractivity contribution in [2.75, 3.05) is 14.1 Å². The number of aliphatic hydroxyl groups excluding tert-OH is 2. The molecular weight excluding hydrogens is 146 g/mol. The van der Waals surface area contributed by atoms with Gasteiger partial charge < -0.3 is 15.1 Å². The standard InChI is InChI=1S/C7H11NO3/c1-8(2)4-3-5(9)7(11)6(4)10/h5,9-10H,3H2,1-2H3. The van der Waals surface area contributed by atoms with Crippen LogP contribution in [0.1, 0.15) is 6.42 Å². The molecule has 0 amide bonds. The Morgan fingerprint density at radius 3 is 2.27 bits per heavy atom. The number of nitrogens with zero attached hydrogens (tertiary/aromatic N) is 1. The molecule has 0 saturated carbocycles. The summed E-state index contributed by atoms with van der Waals surface area (Å²) in [5.41, 5.74) is 0.502. The predicted molar refractivity (Wildman–Crippen MR) is 39.0 cm³/mol. The Kier molecular flexibility index (Phi) is 1.87. The Morgan fingerprint density at radius 1 is 1.55 bits per heavy atom. The number of hydrogen-bond acceptors (Lipinski definition) is 4. The van der Waals surface area contributed by atoms with Crippen LogP contribution in [-0.4, -0.2) is 41.1 Å². The number of carbonyl (C=O) groups excluding carboxylic acids is 1. The van der Waals surface area contributed by atoms with Gasteiger partial charge in [-0.1, -0.05) is 0 Å². The Bertz CT molecular complexity index is 220. The topological polar surface area (TPSA) is 60.8 Å². The van der Waals surface area contributed by atoms with Crippen LogP contribution in [0.15, 0.2) is 11.5 Å².